The highest BCUT2D eigenvalue weighted by atomic mass is 35.5. The molecule has 2 atom stereocenters. The Balaban J connectivity index is 2.27. The number of morpholine rings is 1. The number of aliphatic hydroxyl groups excluding tert-OH is 1. The minimum atomic E-state index is -0.530. The maximum Gasteiger partial charge on any atom is 0.143 e. The van der Waals surface area contributed by atoms with Crippen molar-refractivity contribution in [2.24, 2.45) is 0 Å². The van der Waals surface area contributed by atoms with Gasteiger partial charge < -0.3 is 20.5 Å². The van der Waals surface area contributed by atoms with Crippen molar-refractivity contribution in [1.29, 1.82) is 0 Å². The van der Waals surface area contributed by atoms with Gasteiger partial charge in [0, 0.05) is 19.2 Å². The first kappa shape index (κ1) is 13.4. The molecule has 1 aromatic rings. The van der Waals surface area contributed by atoms with Crippen LogP contribution in [0.5, 0.6) is 0 Å². The van der Waals surface area contributed by atoms with Crippen LogP contribution in [-0.2, 0) is 4.74 Å². The van der Waals surface area contributed by atoms with Crippen LogP contribution in [0.1, 0.15) is 6.92 Å². The average Bonchev–Trinajstić information content (AvgIpc) is 2.33. The van der Waals surface area contributed by atoms with Crippen LogP contribution in [0.3, 0.4) is 0 Å². The van der Waals surface area contributed by atoms with E-state index in [9.17, 15) is 9.50 Å². The van der Waals surface area contributed by atoms with Gasteiger partial charge in [-0.15, -0.1) is 0 Å². The predicted molar refractivity (Wildman–Crippen MR) is 69.5 cm³/mol. The van der Waals surface area contributed by atoms with Crippen LogP contribution in [0.4, 0.5) is 15.8 Å². The summed E-state index contributed by atoms with van der Waals surface area (Å²) >= 11 is 5.77. The first-order valence-electron chi connectivity index (χ1n) is 5.77. The summed E-state index contributed by atoms with van der Waals surface area (Å²) in [6, 6.07) is 2.73. The van der Waals surface area contributed by atoms with Crippen molar-refractivity contribution in [1.82, 2.24) is 0 Å². The van der Waals surface area contributed by atoms with Crippen molar-refractivity contribution in [3.05, 3.63) is 23.0 Å². The Bertz CT molecular complexity index is 444. The van der Waals surface area contributed by atoms with Gasteiger partial charge in [-0.1, -0.05) is 11.6 Å². The van der Waals surface area contributed by atoms with Crippen molar-refractivity contribution in [2.45, 2.75) is 19.1 Å². The monoisotopic (exact) mass is 274 g/mol. The van der Waals surface area contributed by atoms with Crippen molar-refractivity contribution in [3.63, 3.8) is 0 Å². The highest BCUT2D eigenvalue weighted by Gasteiger charge is 2.26. The Morgan fingerprint density at radius 2 is 2.28 bits per heavy atom. The molecule has 1 aliphatic rings. The molecule has 0 amide bonds. The Hall–Kier alpha value is -1.04. The van der Waals surface area contributed by atoms with Gasteiger partial charge in [0.1, 0.15) is 5.82 Å². The molecule has 3 N–H and O–H groups in total. The van der Waals surface area contributed by atoms with Crippen LogP contribution in [0, 0.1) is 5.82 Å². The summed E-state index contributed by atoms with van der Waals surface area (Å²) in [6.45, 7) is 2.99. The molecule has 1 heterocycles. The molecule has 0 saturated carbocycles. The van der Waals surface area contributed by atoms with Crippen LogP contribution in [0.15, 0.2) is 12.1 Å². The standard InChI is InChI=1S/C12H16ClFN2O2/c1-7-4-16(5-8(6-17)18-7)12-2-9(13)10(14)3-11(12)15/h2-3,7-8,17H,4-6,15H2,1H3. The first-order valence-corrected chi connectivity index (χ1v) is 6.15. The van der Waals surface area contributed by atoms with Gasteiger partial charge in [-0.25, -0.2) is 4.39 Å². The van der Waals surface area contributed by atoms with Gasteiger partial charge in [0.2, 0.25) is 0 Å². The van der Waals surface area contributed by atoms with E-state index in [-0.39, 0.29) is 23.8 Å². The number of benzene rings is 1. The molecule has 2 unspecified atom stereocenters. The molecule has 1 saturated heterocycles. The molecule has 1 aromatic carbocycles. The maximum atomic E-state index is 13.3. The van der Waals surface area contributed by atoms with Crippen LogP contribution in [-0.4, -0.2) is 37.0 Å². The predicted octanol–water partition coefficient (Wildman–Crippen LogP) is 1.65. The molecule has 2 rings (SSSR count). The fraction of sp³-hybridized carbons (Fsp3) is 0.500. The zero-order valence-corrected chi connectivity index (χ0v) is 10.8. The van der Waals surface area contributed by atoms with Crippen LogP contribution < -0.4 is 10.6 Å². The largest absolute Gasteiger partial charge is 0.397 e. The highest BCUT2D eigenvalue weighted by Crippen LogP contribution is 2.31. The number of halogens is 2. The van der Waals surface area contributed by atoms with Gasteiger partial charge in [-0.3, -0.25) is 0 Å². The summed E-state index contributed by atoms with van der Waals surface area (Å²) in [5, 5.41) is 9.21. The molecule has 18 heavy (non-hydrogen) atoms. The minimum absolute atomic E-state index is 0.0286. The highest BCUT2D eigenvalue weighted by molar-refractivity contribution is 6.31. The molecule has 1 fully saturated rings. The normalized spacial score (nSPS) is 24.3. The summed E-state index contributed by atoms with van der Waals surface area (Å²) in [5.74, 6) is -0.530. The quantitative estimate of drug-likeness (QED) is 0.805. The van der Waals surface area contributed by atoms with E-state index in [4.69, 9.17) is 22.1 Å². The average molecular weight is 275 g/mol. The van der Waals surface area contributed by atoms with Gasteiger partial charge >= 0.3 is 0 Å². The van der Waals surface area contributed by atoms with E-state index in [2.05, 4.69) is 0 Å². The minimum Gasteiger partial charge on any atom is -0.397 e. The second-order valence-corrected chi connectivity index (χ2v) is 4.89. The number of anilines is 2. The van der Waals surface area contributed by atoms with Gasteiger partial charge in [-0.2, -0.15) is 0 Å². The number of ether oxygens (including phenoxy) is 1. The van der Waals surface area contributed by atoms with Gasteiger partial charge in [0.05, 0.1) is 35.2 Å². The molecule has 4 nitrogen and oxygen atoms in total. The van der Waals surface area contributed by atoms with Crippen molar-refractivity contribution < 1.29 is 14.2 Å². The van der Waals surface area contributed by atoms with E-state index in [0.29, 0.717) is 24.5 Å². The first-order chi connectivity index (χ1) is 8.51. The molecule has 0 radical (unpaired) electrons. The molecule has 0 bridgehead atoms. The fourth-order valence-electron chi connectivity index (χ4n) is 2.17. The Kier molecular flexibility index (Phi) is 3.94. The van der Waals surface area contributed by atoms with Crippen molar-refractivity contribution in [2.75, 3.05) is 30.3 Å². The summed E-state index contributed by atoms with van der Waals surface area (Å²) in [7, 11) is 0. The Morgan fingerprint density at radius 3 is 2.94 bits per heavy atom. The topological polar surface area (TPSA) is 58.7 Å². The van der Waals surface area contributed by atoms with Crippen LogP contribution in [0.2, 0.25) is 5.02 Å². The molecule has 0 aliphatic carbocycles. The van der Waals surface area contributed by atoms with Crippen LogP contribution >= 0.6 is 11.6 Å². The number of hydrogen-bond donors (Lipinski definition) is 2. The molecule has 6 heteroatoms. The van der Waals surface area contributed by atoms with E-state index in [1.807, 2.05) is 11.8 Å². The lowest BCUT2D eigenvalue weighted by molar-refractivity contribution is -0.0420. The van der Waals surface area contributed by atoms with Gasteiger partial charge in [0.15, 0.2) is 0 Å². The molecular formula is C12H16ClFN2O2. The molecular weight excluding hydrogens is 259 g/mol. The van der Waals surface area contributed by atoms with E-state index >= 15 is 0 Å². The van der Waals surface area contributed by atoms with E-state index < -0.39 is 5.82 Å². The number of nitrogens with zero attached hydrogens (tertiary/aromatic N) is 1. The zero-order chi connectivity index (χ0) is 13.3. The van der Waals surface area contributed by atoms with Gasteiger partial charge in [0.25, 0.3) is 0 Å². The lowest BCUT2D eigenvalue weighted by Crippen LogP contribution is -2.48. The zero-order valence-electron chi connectivity index (χ0n) is 10.1. The third-order valence-electron chi connectivity index (χ3n) is 2.94. The smallest absolute Gasteiger partial charge is 0.143 e. The Labute approximate surface area is 110 Å². The van der Waals surface area contributed by atoms with E-state index in [1.165, 1.54) is 12.1 Å². The second kappa shape index (κ2) is 5.30. The SMILES string of the molecule is CC1CN(c2cc(Cl)c(F)cc2N)CC(CO)O1. The van der Waals surface area contributed by atoms with E-state index in [1.54, 1.807) is 0 Å². The number of hydrogen-bond acceptors (Lipinski definition) is 4. The number of nitrogens with two attached hydrogens (primary N) is 1. The summed E-state index contributed by atoms with van der Waals surface area (Å²) in [6.07, 6.45) is -0.295. The Morgan fingerprint density at radius 1 is 1.56 bits per heavy atom. The summed E-state index contributed by atoms with van der Waals surface area (Å²) in [4.78, 5) is 1.95. The summed E-state index contributed by atoms with van der Waals surface area (Å²) in [5.41, 5.74) is 6.82. The molecule has 0 aromatic heterocycles. The third-order valence-corrected chi connectivity index (χ3v) is 3.23. The van der Waals surface area contributed by atoms with Gasteiger partial charge in [-0.05, 0) is 13.0 Å². The molecule has 0 spiro atoms. The van der Waals surface area contributed by atoms with Crippen molar-refractivity contribution >= 4 is 23.0 Å². The number of nitrogen functional groups attached to an aromatic ring is 1. The number of rotatable bonds is 2. The summed E-state index contributed by atoms with van der Waals surface area (Å²) < 4.78 is 18.8. The third kappa shape index (κ3) is 2.68. The molecule has 1 aliphatic heterocycles. The van der Waals surface area contributed by atoms with E-state index in [0.717, 1.165) is 0 Å². The number of aliphatic hydroxyl groups is 1. The van der Waals surface area contributed by atoms with Crippen molar-refractivity contribution in [3.8, 4) is 0 Å². The fourth-order valence-corrected chi connectivity index (χ4v) is 2.33. The lowest BCUT2D eigenvalue weighted by atomic mass is 10.1. The second-order valence-electron chi connectivity index (χ2n) is 4.48. The lowest BCUT2D eigenvalue weighted by Gasteiger charge is -2.38. The molecule has 100 valence electrons. The maximum absolute atomic E-state index is 13.3. The van der Waals surface area contributed by atoms with Crippen LogP contribution in [0.25, 0.3) is 0 Å².